The molecule has 1 aliphatic rings. The monoisotopic (exact) mass is 514 g/mol. The normalized spacial score (nSPS) is 14.8. The zero-order valence-corrected chi connectivity index (χ0v) is 21.4. The molecule has 1 fully saturated rings. The number of hydrogen-bond donors (Lipinski definition) is 0. The molecule has 38 heavy (non-hydrogen) atoms. The molecular weight excluding hydrogens is 483 g/mol. The SMILES string of the molecule is CC(=O)c1ccc(OCc2ccccc2)c(O/C=C/CCN2CCC(c3noc4cc(F)ccc34)CC2)c1. The highest BCUT2D eigenvalue weighted by atomic mass is 19.1. The Morgan fingerprint density at radius 2 is 1.89 bits per heavy atom. The zero-order valence-electron chi connectivity index (χ0n) is 21.4. The molecule has 196 valence electrons. The van der Waals surface area contributed by atoms with Crippen LogP contribution < -0.4 is 9.47 Å². The molecule has 0 radical (unpaired) electrons. The van der Waals surface area contributed by atoms with Crippen molar-refractivity contribution in [2.45, 2.75) is 38.7 Å². The van der Waals surface area contributed by atoms with Crippen molar-refractivity contribution in [2.24, 2.45) is 0 Å². The van der Waals surface area contributed by atoms with Crippen LogP contribution in [0.5, 0.6) is 11.5 Å². The van der Waals surface area contributed by atoms with Crippen LogP contribution in [0.3, 0.4) is 0 Å². The van der Waals surface area contributed by atoms with Gasteiger partial charge in [0.15, 0.2) is 22.9 Å². The molecule has 7 heteroatoms. The number of ether oxygens (including phenoxy) is 2. The Morgan fingerprint density at radius 3 is 2.68 bits per heavy atom. The zero-order chi connectivity index (χ0) is 26.3. The molecule has 1 aliphatic heterocycles. The van der Waals surface area contributed by atoms with Crippen molar-refractivity contribution in [3.05, 3.63) is 102 Å². The van der Waals surface area contributed by atoms with Crippen LogP contribution in [0.1, 0.15) is 53.7 Å². The van der Waals surface area contributed by atoms with E-state index in [0.29, 0.717) is 35.2 Å². The average Bonchev–Trinajstić information content (AvgIpc) is 3.36. The fraction of sp³-hybridized carbons (Fsp3) is 0.290. The number of ketones is 1. The number of aromatic nitrogens is 1. The van der Waals surface area contributed by atoms with E-state index < -0.39 is 0 Å². The number of carbonyl (C=O) groups is 1. The number of rotatable bonds is 10. The smallest absolute Gasteiger partial charge is 0.170 e. The van der Waals surface area contributed by atoms with Crippen molar-refractivity contribution < 1.29 is 23.2 Å². The first-order chi connectivity index (χ1) is 18.6. The number of Topliss-reactive ketones (excluding diaryl/α,β-unsaturated/α-hetero) is 1. The van der Waals surface area contributed by atoms with E-state index in [-0.39, 0.29) is 11.6 Å². The number of hydrogen-bond acceptors (Lipinski definition) is 6. The van der Waals surface area contributed by atoms with Crippen molar-refractivity contribution in [1.29, 1.82) is 0 Å². The van der Waals surface area contributed by atoms with Gasteiger partial charge < -0.3 is 18.9 Å². The van der Waals surface area contributed by atoms with Gasteiger partial charge in [-0.25, -0.2) is 4.39 Å². The van der Waals surface area contributed by atoms with Gasteiger partial charge in [0.05, 0.1) is 12.0 Å². The fourth-order valence-corrected chi connectivity index (χ4v) is 4.78. The molecule has 0 unspecified atom stereocenters. The minimum absolute atomic E-state index is 0.0253. The predicted molar refractivity (Wildman–Crippen MR) is 144 cm³/mol. The lowest BCUT2D eigenvalue weighted by atomic mass is 9.91. The van der Waals surface area contributed by atoms with E-state index in [1.807, 2.05) is 36.4 Å². The molecule has 0 atom stereocenters. The van der Waals surface area contributed by atoms with Gasteiger partial charge in [0.1, 0.15) is 12.4 Å². The van der Waals surface area contributed by atoms with Crippen LogP contribution in [0.2, 0.25) is 0 Å². The standard InChI is InChI=1S/C31H31FN2O4/c1-22(35)25-9-12-28(37-21-23-7-3-2-4-8-23)30(19-25)36-18-6-5-15-34-16-13-24(14-17-34)31-27-11-10-26(32)20-29(27)38-33-31/h2-4,6-12,18-20,24H,5,13-17,21H2,1H3/b18-6+. The summed E-state index contributed by atoms with van der Waals surface area (Å²) in [4.78, 5) is 14.3. The number of benzene rings is 3. The van der Waals surface area contributed by atoms with Crippen LogP contribution in [0.4, 0.5) is 4.39 Å². The summed E-state index contributed by atoms with van der Waals surface area (Å²) in [5, 5.41) is 5.14. The van der Waals surface area contributed by atoms with E-state index >= 15 is 0 Å². The van der Waals surface area contributed by atoms with Crippen LogP contribution in [0.15, 0.2) is 83.6 Å². The quantitative estimate of drug-likeness (QED) is 0.169. The molecule has 0 bridgehead atoms. The number of nitrogens with zero attached hydrogens (tertiary/aromatic N) is 2. The second kappa shape index (κ2) is 12.0. The molecule has 0 amide bonds. The molecule has 0 aliphatic carbocycles. The maximum Gasteiger partial charge on any atom is 0.170 e. The molecule has 4 aromatic rings. The Balaban J connectivity index is 1.12. The lowest BCUT2D eigenvalue weighted by molar-refractivity contribution is 0.101. The van der Waals surface area contributed by atoms with E-state index in [1.165, 1.54) is 19.1 Å². The Morgan fingerprint density at radius 1 is 1.08 bits per heavy atom. The lowest BCUT2D eigenvalue weighted by Gasteiger charge is -2.30. The van der Waals surface area contributed by atoms with E-state index in [1.54, 1.807) is 30.5 Å². The molecule has 5 rings (SSSR count). The Labute approximate surface area is 221 Å². The molecule has 6 nitrogen and oxygen atoms in total. The van der Waals surface area contributed by atoms with Crippen molar-refractivity contribution in [2.75, 3.05) is 19.6 Å². The first-order valence-corrected chi connectivity index (χ1v) is 13.0. The summed E-state index contributed by atoms with van der Waals surface area (Å²) in [6.45, 7) is 4.80. The van der Waals surface area contributed by atoms with Crippen LogP contribution >= 0.6 is 0 Å². The van der Waals surface area contributed by atoms with Gasteiger partial charge in [-0.2, -0.15) is 0 Å². The van der Waals surface area contributed by atoms with Crippen molar-refractivity contribution >= 4 is 16.8 Å². The molecule has 1 aromatic heterocycles. The predicted octanol–water partition coefficient (Wildman–Crippen LogP) is 6.91. The van der Waals surface area contributed by atoms with Crippen LogP contribution in [0.25, 0.3) is 11.0 Å². The molecule has 3 aromatic carbocycles. The number of fused-ring (bicyclic) bond motifs is 1. The largest absolute Gasteiger partial charge is 0.485 e. The third kappa shape index (κ3) is 6.29. The highest BCUT2D eigenvalue weighted by molar-refractivity contribution is 5.94. The molecule has 0 spiro atoms. The summed E-state index contributed by atoms with van der Waals surface area (Å²) >= 11 is 0. The Kier molecular flexibility index (Phi) is 8.14. The van der Waals surface area contributed by atoms with Gasteiger partial charge >= 0.3 is 0 Å². The molecular formula is C31H31FN2O4. The summed E-state index contributed by atoms with van der Waals surface area (Å²) in [6.07, 6.45) is 6.47. The maximum absolute atomic E-state index is 13.4. The topological polar surface area (TPSA) is 64.8 Å². The fourth-order valence-electron chi connectivity index (χ4n) is 4.78. The Bertz CT molecular complexity index is 1410. The molecule has 0 saturated carbocycles. The van der Waals surface area contributed by atoms with Crippen molar-refractivity contribution in [1.82, 2.24) is 10.1 Å². The van der Waals surface area contributed by atoms with Gasteiger partial charge in [0.2, 0.25) is 0 Å². The summed E-state index contributed by atoms with van der Waals surface area (Å²) in [7, 11) is 0. The van der Waals surface area contributed by atoms with Crippen LogP contribution in [0, 0.1) is 5.82 Å². The summed E-state index contributed by atoms with van der Waals surface area (Å²) < 4.78 is 30.7. The van der Waals surface area contributed by atoms with Crippen molar-refractivity contribution in [3.63, 3.8) is 0 Å². The minimum Gasteiger partial charge on any atom is -0.485 e. The first-order valence-electron chi connectivity index (χ1n) is 13.0. The highest BCUT2D eigenvalue weighted by Gasteiger charge is 2.24. The third-order valence-electron chi connectivity index (χ3n) is 6.93. The average molecular weight is 515 g/mol. The second-order valence-electron chi connectivity index (χ2n) is 9.59. The number of piperidine rings is 1. The van der Waals surface area contributed by atoms with Crippen LogP contribution in [-0.4, -0.2) is 35.5 Å². The van der Waals surface area contributed by atoms with Gasteiger partial charge in [-0.05, 0) is 81.2 Å². The lowest BCUT2D eigenvalue weighted by Crippen LogP contribution is -2.33. The number of halogens is 1. The van der Waals surface area contributed by atoms with E-state index in [9.17, 15) is 9.18 Å². The summed E-state index contributed by atoms with van der Waals surface area (Å²) in [5.74, 6) is 1.09. The van der Waals surface area contributed by atoms with E-state index in [2.05, 4.69) is 10.1 Å². The minimum atomic E-state index is -0.311. The second-order valence-corrected chi connectivity index (χ2v) is 9.59. The highest BCUT2D eigenvalue weighted by Crippen LogP contribution is 2.33. The maximum atomic E-state index is 13.4. The third-order valence-corrected chi connectivity index (χ3v) is 6.93. The summed E-state index contributed by atoms with van der Waals surface area (Å²) in [6, 6.07) is 19.8. The van der Waals surface area contributed by atoms with Gasteiger partial charge in [-0.1, -0.05) is 35.5 Å². The number of likely N-dealkylation sites (tertiary alicyclic amines) is 1. The molecule has 2 heterocycles. The molecule has 1 saturated heterocycles. The number of carbonyl (C=O) groups excluding carboxylic acids is 1. The molecule has 0 N–H and O–H groups in total. The van der Waals surface area contributed by atoms with Gasteiger partial charge in [0, 0.05) is 29.5 Å². The summed E-state index contributed by atoms with van der Waals surface area (Å²) in [5.41, 5.74) is 3.08. The van der Waals surface area contributed by atoms with Crippen LogP contribution in [-0.2, 0) is 6.61 Å². The Hall–Kier alpha value is -3.97. The van der Waals surface area contributed by atoms with Gasteiger partial charge in [0.25, 0.3) is 0 Å². The van der Waals surface area contributed by atoms with Gasteiger partial charge in [-0.15, -0.1) is 0 Å². The van der Waals surface area contributed by atoms with E-state index in [4.69, 9.17) is 14.0 Å². The van der Waals surface area contributed by atoms with Gasteiger partial charge in [-0.3, -0.25) is 4.79 Å². The van der Waals surface area contributed by atoms with Crippen molar-refractivity contribution in [3.8, 4) is 11.5 Å². The van der Waals surface area contributed by atoms with E-state index in [0.717, 1.165) is 55.5 Å². The first kappa shape index (κ1) is 25.7.